The van der Waals surface area contributed by atoms with E-state index in [0.717, 1.165) is 0 Å². The Morgan fingerprint density at radius 2 is 1.69 bits per heavy atom. The van der Waals surface area contributed by atoms with Gasteiger partial charge in [0, 0.05) is 10.2 Å². The van der Waals surface area contributed by atoms with Gasteiger partial charge in [-0.25, -0.2) is 0 Å². The molecule has 0 saturated heterocycles. The van der Waals surface area contributed by atoms with Crippen LogP contribution in [0, 0.1) is 0 Å². The predicted molar refractivity (Wildman–Crippen MR) is 97.8 cm³/mol. The van der Waals surface area contributed by atoms with Crippen molar-refractivity contribution in [3.63, 3.8) is 0 Å². The Bertz CT molecular complexity index is 926. The van der Waals surface area contributed by atoms with Gasteiger partial charge >= 0.3 is 0 Å². The van der Waals surface area contributed by atoms with E-state index < -0.39 is 11.8 Å². The van der Waals surface area contributed by atoms with E-state index in [4.69, 9.17) is 9.47 Å². The fourth-order valence-corrected chi connectivity index (χ4v) is 3.12. The molecule has 0 fully saturated rings. The zero-order valence-electron chi connectivity index (χ0n) is 14.0. The van der Waals surface area contributed by atoms with Crippen LogP contribution in [-0.4, -0.2) is 31.9 Å². The summed E-state index contributed by atoms with van der Waals surface area (Å²) in [6, 6.07) is 8.03. The molecule has 0 saturated carbocycles. The standard InChI is InChI=1S/C18H15BrN2O5/c1-25-14-5-9(13(19)8-15(14)26-2)6-16(22)20-10-3-4-11-12(7-10)18(24)21-17(11)23/h3-5,7-8H,6H2,1-2H3,(H,20,22)(H,21,23,24). The number of fused-ring (bicyclic) bond motifs is 1. The molecule has 0 aromatic heterocycles. The molecule has 1 heterocycles. The van der Waals surface area contributed by atoms with E-state index in [0.29, 0.717) is 32.8 Å². The number of carbonyl (C=O) groups excluding carboxylic acids is 3. The molecule has 0 radical (unpaired) electrons. The van der Waals surface area contributed by atoms with E-state index in [9.17, 15) is 14.4 Å². The van der Waals surface area contributed by atoms with E-state index in [2.05, 4.69) is 26.6 Å². The number of halogens is 1. The van der Waals surface area contributed by atoms with E-state index in [1.54, 1.807) is 18.2 Å². The van der Waals surface area contributed by atoms with E-state index in [-0.39, 0.29) is 17.9 Å². The minimum atomic E-state index is -0.469. The highest BCUT2D eigenvalue weighted by atomic mass is 79.9. The van der Waals surface area contributed by atoms with Crippen LogP contribution in [-0.2, 0) is 11.2 Å². The third kappa shape index (κ3) is 3.41. The van der Waals surface area contributed by atoms with Crippen molar-refractivity contribution < 1.29 is 23.9 Å². The molecule has 1 aliphatic heterocycles. The number of carbonyl (C=O) groups is 3. The average molecular weight is 419 g/mol. The maximum absolute atomic E-state index is 12.4. The third-order valence-corrected chi connectivity index (χ3v) is 4.66. The molecule has 134 valence electrons. The maximum Gasteiger partial charge on any atom is 0.259 e. The number of amides is 3. The first-order valence-electron chi connectivity index (χ1n) is 7.63. The number of hydrogen-bond donors (Lipinski definition) is 2. The number of methoxy groups -OCH3 is 2. The summed E-state index contributed by atoms with van der Waals surface area (Å²) < 4.78 is 11.2. The normalized spacial score (nSPS) is 12.4. The highest BCUT2D eigenvalue weighted by Crippen LogP contribution is 2.33. The molecule has 0 bridgehead atoms. The number of imide groups is 1. The summed E-state index contributed by atoms with van der Waals surface area (Å²) in [7, 11) is 3.05. The van der Waals surface area contributed by atoms with Crippen molar-refractivity contribution in [2.24, 2.45) is 0 Å². The molecule has 2 aromatic rings. The van der Waals surface area contributed by atoms with Gasteiger partial charge < -0.3 is 14.8 Å². The molecule has 0 aliphatic carbocycles. The summed E-state index contributed by atoms with van der Waals surface area (Å²) in [6.07, 6.45) is 0.0865. The second kappa shape index (κ2) is 7.17. The molecule has 8 heteroatoms. The summed E-state index contributed by atoms with van der Waals surface area (Å²) in [5, 5.41) is 4.94. The van der Waals surface area contributed by atoms with Crippen molar-refractivity contribution in [1.82, 2.24) is 5.32 Å². The number of ether oxygens (including phenoxy) is 2. The molecule has 3 amide bonds. The van der Waals surface area contributed by atoms with Crippen molar-refractivity contribution in [3.8, 4) is 11.5 Å². The van der Waals surface area contributed by atoms with Crippen LogP contribution < -0.4 is 20.1 Å². The van der Waals surface area contributed by atoms with Crippen LogP contribution >= 0.6 is 15.9 Å². The Hall–Kier alpha value is -2.87. The van der Waals surface area contributed by atoms with Gasteiger partial charge in [0.2, 0.25) is 5.91 Å². The van der Waals surface area contributed by atoms with Gasteiger partial charge in [0.05, 0.1) is 31.8 Å². The van der Waals surface area contributed by atoms with Gasteiger partial charge in [0.1, 0.15) is 0 Å². The summed E-state index contributed by atoms with van der Waals surface area (Å²) in [4.78, 5) is 35.6. The molecule has 2 N–H and O–H groups in total. The smallest absolute Gasteiger partial charge is 0.259 e. The lowest BCUT2D eigenvalue weighted by Crippen LogP contribution is -2.19. The zero-order chi connectivity index (χ0) is 18.8. The van der Waals surface area contributed by atoms with Crippen LogP contribution in [0.2, 0.25) is 0 Å². The fourth-order valence-electron chi connectivity index (χ4n) is 2.66. The van der Waals surface area contributed by atoms with E-state index in [1.807, 2.05) is 0 Å². The number of hydrogen-bond acceptors (Lipinski definition) is 5. The van der Waals surface area contributed by atoms with Gasteiger partial charge in [-0.2, -0.15) is 0 Å². The third-order valence-electron chi connectivity index (χ3n) is 3.92. The van der Waals surface area contributed by atoms with Crippen LogP contribution in [0.15, 0.2) is 34.8 Å². The summed E-state index contributed by atoms with van der Waals surface area (Å²) >= 11 is 3.41. The van der Waals surface area contributed by atoms with Crippen molar-refractivity contribution in [2.75, 3.05) is 19.5 Å². The van der Waals surface area contributed by atoms with E-state index >= 15 is 0 Å². The Balaban J connectivity index is 1.77. The molecule has 1 aliphatic rings. The Morgan fingerprint density at radius 1 is 1.04 bits per heavy atom. The first-order chi connectivity index (χ1) is 12.4. The topological polar surface area (TPSA) is 93.7 Å². The second-order valence-electron chi connectivity index (χ2n) is 5.57. The van der Waals surface area contributed by atoms with E-state index in [1.165, 1.54) is 26.4 Å². The highest BCUT2D eigenvalue weighted by molar-refractivity contribution is 9.10. The molecule has 7 nitrogen and oxygen atoms in total. The van der Waals surface area contributed by atoms with Crippen molar-refractivity contribution in [3.05, 3.63) is 51.5 Å². The summed E-state index contributed by atoms with van der Waals surface area (Å²) in [6.45, 7) is 0. The first-order valence-corrected chi connectivity index (χ1v) is 8.42. The summed E-state index contributed by atoms with van der Waals surface area (Å²) in [5.74, 6) is -0.104. The lowest BCUT2D eigenvalue weighted by molar-refractivity contribution is -0.115. The van der Waals surface area contributed by atoms with Gasteiger partial charge in [-0.15, -0.1) is 0 Å². The molecular weight excluding hydrogens is 404 g/mol. The van der Waals surface area contributed by atoms with Gasteiger partial charge in [0.15, 0.2) is 11.5 Å². The van der Waals surface area contributed by atoms with Crippen LogP contribution in [0.3, 0.4) is 0 Å². The first kappa shape index (κ1) is 17.9. The number of nitrogens with one attached hydrogen (secondary N) is 2. The SMILES string of the molecule is COc1cc(Br)c(CC(=O)Nc2ccc3c(c2)C(=O)NC3=O)cc1OC. The summed E-state index contributed by atoms with van der Waals surface area (Å²) in [5.41, 5.74) is 1.71. The van der Waals surface area contributed by atoms with Crippen molar-refractivity contribution in [1.29, 1.82) is 0 Å². The Labute approximate surface area is 157 Å². The highest BCUT2D eigenvalue weighted by Gasteiger charge is 2.26. The van der Waals surface area contributed by atoms with Crippen LogP contribution in [0.25, 0.3) is 0 Å². The molecule has 0 spiro atoms. The van der Waals surface area contributed by atoms with Gasteiger partial charge in [-0.3, -0.25) is 19.7 Å². The van der Waals surface area contributed by atoms with Gasteiger partial charge in [0.25, 0.3) is 11.8 Å². The largest absolute Gasteiger partial charge is 0.493 e. The number of anilines is 1. The predicted octanol–water partition coefficient (Wildman–Crippen LogP) is 2.53. The van der Waals surface area contributed by atoms with Crippen molar-refractivity contribution >= 4 is 39.3 Å². The van der Waals surface area contributed by atoms with Gasteiger partial charge in [-0.05, 0) is 35.9 Å². The Kier molecular flexibility index (Phi) is 4.94. The lowest BCUT2D eigenvalue weighted by Gasteiger charge is -2.12. The Morgan fingerprint density at radius 3 is 2.38 bits per heavy atom. The molecule has 3 rings (SSSR count). The molecule has 0 unspecified atom stereocenters. The number of benzene rings is 2. The molecule has 26 heavy (non-hydrogen) atoms. The lowest BCUT2D eigenvalue weighted by atomic mass is 10.1. The maximum atomic E-state index is 12.4. The van der Waals surface area contributed by atoms with Crippen molar-refractivity contribution in [2.45, 2.75) is 6.42 Å². The molecular formula is C18H15BrN2O5. The minimum Gasteiger partial charge on any atom is -0.493 e. The monoisotopic (exact) mass is 418 g/mol. The quantitative estimate of drug-likeness (QED) is 0.727. The fraction of sp³-hybridized carbons (Fsp3) is 0.167. The average Bonchev–Trinajstić information content (AvgIpc) is 2.90. The second-order valence-corrected chi connectivity index (χ2v) is 6.42. The minimum absolute atomic E-state index is 0.0865. The van der Waals surface area contributed by atoms with Crippen LogP contribution in [0.4, 0.5) is 5.69 Å². The molecule has 2 aromatic carbocycles. The van der Waals surface area contributed by atoms with Gasteiger partial charge in [-0.1, -0.05) is 15.9 Å². The molecule has 0 atom stereocenters. The number of rotatable bonds is 5. The zero-order valence-corrected chi connectivity index (χ0v) is 15.6. The van der Waals surface area contributed by atoms with Crippen LogP contribution in [0.5, 0.6) is 11.5 Å². The van der Waals surface area contributed by atoms with Crippen LogP contribution in [0.1, 0.15) is 26.3 Å².